The Hall–Kier alpha value is -0.585. The van der Waals surface area contributed by atoms with Gasteiger partial charge in [-0.1, -0.05) is 12.8 Å². The zero-order valence-corrected chi connectivity index (χ0v) is 10.1. The predicted molar refractivity (Wildman–Crippen MR) is 65.2 cm³/mol. The maximum Gasteiger partial charge on any atom is 0.451 e. The molecule has 0 bridgehead atoms. The highest BCUT2D eigenvalue weighted by Gasteiger charge is 2.37. The third kappa shape index (κ3) is 4.65. The van der Waals surface area contributed by atoms with Gasteiger partial charge >= 0.3 is 13.1 Å². The van der Waals surface area contributed by atoms with Crippen molar-refractivity contribution in [2.24, 2.45) is 23.5 Å². The van der Waals surface area contributed by atoms with Crippen molar-refractivity contribution in [1.82, 2.24) is 0 Å². The van der Waals surface area contributed by atoms with Crippen molar-refractivity contribution in [3.63, 3.8) is 0 Å². The number of hydrogen-bond donors (Lipinski definition) is 4. The first-order chi connectivity index (χ1) is 8.04. The highest BCUT2D eigenvalue weighted by Crippen LogP contribution is 2.40. The van der Waals surface area contributed by atoms with Gasteiger partial charge < -0.3 is 20.9 Å². The minimum Gasteiger partial charge on any atom is -0.481 e. The summed E-state index contributed by atoms with van der Waals surface area (Å²) in [6.45, 7) is 0.610. The van der Waals surface area contributed by atoms with Crippen LogP contribution in [0.1, 0.15) is 32.1 Å². The summed E-state index contributed by atoms with van der Waals surface area (Å²) >= 11 is 0. The van der Waals surface area contributed by atoms with Crippen LogP contribution in [0, 0.1) is 17.8 Å². The average molecular weight is 243 g/mol. The molecule has 0 aromatic heterocycles. The molecule has 0 saturated heterocycles. The normalized spacial score (nSPS) is 28.3. The number of rotatable bonds is 7. The molecule has 0 amide bonds. The fraction of sp³-hybridized carbons (Fsp3) is 0.909. The minimum absolute atomic E-state index is 0.169. The molecule has 5 nitrogen and oxygen atoms in total. The van der Waals surface area contributed by atoms with Gasteiger partial charge in [-0.15, -0.1) is 0 Å². The number of hydrogen-bond acceptors (Lipinski definition) is 4. The van der Waals surface area contributed by atoms with Gasteiger partial charge in [0.25, 0.3) is 0 Å². The van der Waals surface area contributed by atoms with Crippen LogP contribution in [0.3, 0.4) is 0 Å². The first-order valence-corrected chi connectivity index (χ1v) is 6.33. The monoisotopic (exact) mass is 243 g/mol. The number of carboxylic acids is 1. The molecule has 1 fully saturated rings. The summed E-state index contributed by atoms with van der Waals surface area (Å²) in [5, 5.41) is 26.7. The first-order valence-electron chi connectivity index (χ1n) is 6.33. The van der Waals surface area contributed by atoms with Crippen LogP contribution in [0.2, 0.25) is 6.32 Å². The molecule has 1 saturated carbocycles. The van der Waals surface area contributed by atoms with Gasteiger partial charge in [0.05, 0.1) is 5.92 Å². The maximum absolute atomic E-state index is 11.1. The lowest BCUT2D eigenvalue weighted by Gasteiger charge is -2.14. The molecule has 1 aliphatic carbocycles. The Labute approximate surface area is 102 Å². The molecule has 17 heavy (non-hydrogen) atoms. The lowest BCUT2D eigenvalue weighted by Crippen LogP contribution is -2.19. The van der Waals surface area contributed by atoms with Crippen LogP contribution in [0.25, 0.3) is 0 Å². The van der Waals surface area contributed by atoms with E-state index in [2.05, 4.69) is 0 Å². The highest BCUT2D eigenvalue weighted by atomic mass is 16.4. The van der Waals surface area contributed by atoms with E-state index in [9.17, 15) is 4.79 Å². The Balaban J connectivity index is 2.41. The molecule has 3 atom stereocenters. The van der Waals surface area contributed by atoms with E-state index in [0.717, 1.165) is 25.7 Å². The predicted octanol–water partition coefficient (Wildman–Crippen LogP) is 0.315. The van der Waals surface area contributed by atoms with Crippen LogP contribution in [0.4, 0.5) is 0 Å². The van der Waals surface area contributed by atoms with Crippen LogP contribution < -0.4 is 5.73 Å². The third-order valence-corrected chi connectivity index (χ3v) is 3.72. The average Bonchev–Trinajstić information content (AvgIpc) is 2.61. The second-order valence-corrected chi connectivity index (χ2v) is 5.03. The van der Waals surface area contributed by atoms with Gasteiger partial charge in [-0.2, -0.15) is 0 Å². The Morgan fingerprint density at radius 1 is 1.29 bits per heavy atom. The van der Waals surface area contributed by atoms with Crippen LogP contribution >= 0.6 is 0 Å². The number of carboxylic acid groups (broad SMARTS) is 1. The van der Waals surface area contributed by atoms with Gasteiger partial charge in [0, 0.05) is 0 Å². The Bertz CT molecular complexity index is 250. The van der Waals surface area contributed by atoms with Gasteiger partial charge in [-0.05, 0) is 44.0 Å². The van der Waals surface area contributed by atoms with Crippen molar-refractivity contribution in [1.29, 1.82) is 0 Å². The molecule has 0 spiro atoms. The van der Waals surface area contributed by atoms with Crippen LogP contribution in [-0.4, -0.2) is 34.8 Å². The smallest absolute Gasteiger partial charge is 0.451 e. The molecule has 0 radical (unpaired) electrons. The maximum atomic E-state index is 11.1. The van der Waals surface area contributed by atoms with Crippen molar-refractivity contribution in [2.75, 3.05) is 6.54 Å². The molecule has 5 N–H and O–H groups in total. The lowest BCUT2D eigenvalue weighted by atomic mass is 9.80. The second-order valence-electron chi connectivity index (χ2n) is 5.03. The van der Waals surface area contributed by atoms with E-state index in [1.165, 1.54) is 0 Å². The zero-order chi connectivity index (χ0) is 12.8. The summed E-state index contributed by atoms with van der Waals surface area (Å²) in [6.07, 6.45) is 4.28. The molecule has 0 aromatic carbocycles. The molecule has 0 heterocycles. The van der Waals surface area contributed by atoms with Crippen molar-refractivity contribution in [3.8, 4) is 0 Å². The Morgan fingerprint density at radius 3 is 2.53 bits per heavy atom. The van der Waals surface area contributed by atoms with E-state index in [1.54, 1.807) is 0 Å². The molecular weight excluding hydrogens is 221 g/mol. The second kappa shape index (κ2) is 6.98. The van der Waals surface area contributed by atoms with Gasteiger partial charge in [-0.3, -0.25) is 4.79 Å². The van der Waals surface area contributed by atoms with Crippen molar-refractivity contribution >= 4 is 13.1 Å². The fourth-order valence-corrected chi connectivity index (χ4v) is 2.90. The quantitative estimate of drug-likeness (QED) is 0.482. The largest absolute Gasteiger partial charge is 0.481 e. The summed E-state index contributed by atoms with van der Waals surface area (Å²) in [6, 6.07) is 0. The van der Waals surface area contributed by atoms with E-state index in [0.29, 0.717) is 25.2 Å². The van der Waals surface area contributed by atoms with Crippen LogP contribution in [-0.2, 0) is 4.79 Å². The van der Waals surface area contributed by atoms with Gasteiger partial charge in [0.1, 0.15) is 0 Å². The van der Waals surface area contributed by atoms with Gasteiger partial charge in [-0.25, -0.2) is 0 Å². The minimum atomic E-state index is -1.28. The SMILES string of the molecule is NCC[C@H]1C[C@H](CCCB(O)O)[C@H](C(=O)O)C1. The van der Waals surface area contributed by atoms with Crippen molar-refractivity contribution < 1.29 is 19.9 Å². The Morgan fingerprint density at radius 2 is 2.00 bits per heavy atom. The number of carbonyl (C=O) groups is 1. The van der Waals surface area contributed by atoms with E-state index in [-0.39, 0.29) is 11.8 Å². The molecule has 1 rings (SSSR count). The Kier molecular flexibility index (Phi) is 5.95. The molecule has 0 unspecified atom stereocenters. The van der Waals surface area contributed by atoms with E-state index >= 15 is 0 Å². The summed E-state index contributed by atoms with van der Waals surface area (Å²) in [5.74, 6) is -0.408. The molecular formula is C11H22BNO4. The van der Waals surface area contributed by atoms with Crippen molar-refractivity contribution in [2.45, 2.75) is 38.4 Å². The van der Waals surface area contributed by atoms with E-state index < -0.39 is 13.1 Å². The summed E-state index contributed by atoms with van der Waals surface area (Å²) in [7, 11) is -1.28. The molecule has 98 valence electrons. The molecule has 1 aliphatic rings. The first kappa shape index (κ1) is 14.5. The molecule has 0 aromatic rings. The lowest BCUT2D eigenvalue weighted by molar-refractivity contribution is -0.143. The molecule has 0 aliphatic heterocycles. The summed E-state index contributed by atoms with van der Waals surface area (Å²) in [5.41, 5.74) is 5.50. The topological polar surface area (TPSA) is 104 Å². The van der Waals surface area contributed by atoms with E-state index in [4.69, 9.17) is 20.9 Å². The highest BCUT2D eigenvalue weighted by molar-refractivity contribution is 6.40. The van der Waals surface area contributed by atoms with Crippen LogP contribution in [0.15, 0.2) is 0 Å². The van der Waals surface area contributed by atoms with E-state index in [1.807, 2.05) is 0 Å². The molecule has 6 heteroatoms. The number of nitrogens with two attached hydrogens (primary N) is 1. The van der Waals surface area contributed by atoms with Gasteiger partial charge in [0.2, 0.25) is 0 Å². The van der Waals surface area contributed by atoms with Crippen LogP contribution in [0.5, 0.6) is 0 Å². The number of aliphatic carboxylic acids is 1. The van der Waals surface area contributed by atoms with Crippen molar-refractivity contribution in [3.05, 3.63) is 0 Å². The third-order valence-electron chi connectivity index (χ3n) is 3.72. The summed E-state index contributed by atoms with van der Waals surface area (Å²) in [4.78, 5) is 11.1. The standard InChI is InChI=1S/C11H22BNO4/c13-5-3-8-6-9(2-1-4-12(16)17)10(7-8)11(14)15/h8-10,16-17H,1-7,13H2,(H,14,15)/t8-,9-,10+/m0/s1. The summed E-state index contributed by atoms with van der Waals surface area (Å²) < 4.78 is 0. The van der Waals surface area contributed by atoms with Gasteiger partial charge in [0.15, 0.2) is 0 Å². The zero-order valence-electron chi connectivity index (χ0n) is 10.1. The fourth-order valence-electron chi connectivity index (χ4n) is 2.90.